The quantitative estimate of drug-likeness (QED) is 0.333. The van der Waals surface area contributed by atoms with E-state index in [-0.39, 0.29) is 201 Å². The van der Waals surface area contributed by atoms with Crippen molar-refractivity contribution < 1.29 is 201 Å². The summed E-state index contributed by atoms with van der Waals surface area (Å²) in [6.45, 7) is 0. The van der Waals surface area contributed by atoms with E-state index >= 15 is 0 Å². The van der Waals surface area contributed by atoms with Crippen LogP contribution in [0.1, 0.15) is 0 Å². The molecule has 0 aromatic rings. The molecule has 0 heterocycles. The summed E-state index contributed by atoms with van der Waals surface area (Å²) in [4.78, 5) is 0. The molecule has 0 aromatic carbocycles. The molecule has 0 aliphatic rings. The number of hydrogen-bond donors (Lipinski definition) is 0. The molecule has 12 heteroatoms. The first-order valence-corrected chi connectivity index (χ1v) is 0. The van der Waals surface area contributed by atoms with Crippen LogP contribution in [-0.2, 0) is 201 Å². The molecule has 0 saturated carbocycles. The Morgan fingerprint density at radius 1 is 0.0833 bits per heavy atom. The summed E-state index contributed by atoms with van der Waals surface area (Å²) >= 11 is 0. The van der Waals surface area contributed by atoms with Crippen LogP contribution in [0, 0.1) is 0 Å². The first-order valence-electron chi connectivity index (χ1n) is 0. The SMILES string of the molecule is [Co].[Co].[Co].[Co].[Co].[Co].[Co].[Co].[Co].[Co].[Co].[Co]. The van der Waals surface area contributed by atoms with Gasteiger partial charge in [0.25, 0.3) is 0 Å². The predicted molar refractivity (Wildman–Crippen MR) is 0 cm³/mol. The zero-order valence-corrected chi connectivity index (χ0v) is 16.5. The zero-order chi connectivity index (χ0) is 0. The second kappa shape index (κ2) is 120. The molecule has 0 aromatic heterocycles. The van der Waals surface area contributed by atoms with Crippen LogP contribution in [0.15, 0.2) is 0 Å². The molecule has 0 unspecified atom stereocenters. The van der Waals surface area contributed by atoms with Gasteiger partial charge in [-0.25, -0.2) is 0 Å². The second-order valence-electron chi connectivity index (χ2n) is 0. The molecule has 12 radical (unpaired) electrons. The van der Waals surface area contributed by atoms with Gasteiger partial charge < -0.3 is 0 Å². The summed E-state index contributed by atoms with van der Waals surface area (Å²) in [5.74, 6) is 0. The maximum atomic E-state index is 0. The molecular formula is Co12. The van der Waals surface area contributed by atoms with Crippen molar-refractivity contribution in [3.8, 4) is 0 Å². The minimum absolute atomic E-state index is 0. The maximum absolute atomic E-state index is 0. The molecule has 0 atom stereocenters. The topological polar surface area (TPSA) is 0 Å². The van der Waals surface area contributed by atoms with E-state index in [1.165, 1.54) is 0 Å². The van der Waals surface area contributed by atoms with E-state index < -0.39 is 0 Å². The Kier molecular flexibility index (Phi) is 1420. The molecule has 0 aliphatic heterocycles. The van der Waals surface area contributed by atoms with Crippen LogP contribution in [0.3, 0.4) is 0 Å². The van der Waals surface area contributed by atoms with Gasteiger partial charge in [-0.15, -0.1) is 0 Å². The normalized spacial score (nSPS) is 0. The Bertz CT molecular complexity index is 0. The summed E-state index contributed by atoms with van der Waals surface area (Å²) in [6, 6.07) is 0. The van der Waals surface area contributed by atoms with Gasteiger partial charge in [0.05, 0.1) is 0 Å². The van der Waals surface area contributed by atoms with Crippen LogP contribution in [0.2, 0.25) is 0 Å². The van der Waals surface area contributed by atoms with Crippen LogP contribution in [0.5, 0.6) is 0 Å². The molecule has 12 heavy (non-hydrogen) atoms. The van der Waals surface area contributed by atoms with Gasteiger partial charge in [0, 0.05) is 201 Å². The summed E-state index contributed by atoms with van der Waals surface area (Å²) in [5, 5.41) is 0. The van der Waals surface area contributed by atoms with Crippen molar-refractivity contribution in [1.82, 2.24) is 0 Å². The Labute approximate surface area is 197 Å². The zero-order valence-electron chi connectivity index (χ0n) is 4.00. The molecular weight excluding hydrogens is 707 g/mol. The molecule has 0 fully saturated rings. The van der Waals surface area contributed by atoms with Crippen LogP contribution in [-0.4, -0.2) is 0 Å². The fraction of sp³-hybridized carbons (Fsp3) is 0. The molecule has 0 N–H and O–H groups in total. The van der Waals surface area contributed by atoms with E-state index in [1.54, 1.807) is 0 Å². The first kappa shape index (κ1) is 143. The number of rotatable bonds is 0. The third-order valence-corrected chi connectivity index (χ3v) is 0. The van der Waals surface area contributed by atoms with Crippen LogP contribution >= 0.6 is 0 Å². The van der Waals surface area contributed by atoms with Gasteiger partial charge in [0.2, 0.25) is 0 Å². The molecule has 0 amide bonds. The third kappa shape index (κ3) is 98.9. The average Bonchev–Trinajstić information content (AvgIpc) is 0. The van der Waals surface area contributed by atoms with Gasteiger partial charge in [-0.3, -0.25) is 0 Å². The minimum atomic E-state index is 0. The molecule has 0 bridgehead atoms. The van der Waals surface area contributed by atoms with E-state index in [0.29, 0.717) is 0 Å². The van der Waals surface area contributed by atoms with Crippen LogP contribution in [0.25, 0.3) is 0 Å². The van der Waals surface area contributed by atoms with Crippen molar-refractivity contribution in [2.24, 2.45) is 0 Å². The van der Waals surface area contributed by atoms with E-state index in [4.69, 9.17) is 0 Å². The smallest absolute Gasteiger partial charge is 0 e. The first-order chi connectivity index (χ1) is 0. The second-order valence-corrected chi connectivity index (χ2v) is 0. The van der Waals surface area contributed by atoms with Gasteiger partial charge in [0.1, 0.15) is 0 Å². The monoisotopic (exact) mass is 707 g/mol. The predicted octanol–water partition coefficient (Wildman–Crippen LogP) is -0.0300. The van der Waals surface area contributed by atoms with E-state index in [2.05, 4.69) is 0 Å². The van der Waals surface area contributed by atoms with Crippen molar-refractivity contribution >= 4 is 0 Å². The maximum Gasteiger partial charge on any atom is 0 e. The van der Waals surface area contributed by atoms with Gasteiger partial charge in [-0.2, -0.15) is 0 Å². The van der Waals surface area contributed by atoms with Crippen LogP contribution in [0.4, 0.5) is 0 Å². The minimum Gasteiger partial charge on any atom is 0 e. The molecule has 0 rings (SSSR count). The van der Waals surface area contributed by atoms with Crippen molar-refractivity contribution in [3.63, 3.8) is 0 Å². The van der Waals surface area contributed by atoms with Crippen LogP contribution < -0.4 is 0 Å². The molecule has 0 saturated heterocycles. The van der Waals surface area contributed by atoms with Crippen molar-refractivity contribution in [2.75, 3.05) is 0 Å². The van der Waals surface area contributed by atoms with Gasteiger partial charge in [-0.1, -0.05) is 0 Å². The molecule has 0 nitrogen and oxygen atoms in total. The largest absolute Gasteiger partial charge is 0 e. The summed E-state index contributed by atoms with van der Waals surface area (Å²) < 4.78 is 0. The summed E-state index contributed by atoms with van der Waals surface area (Å²) in [5.41, 5.74) is 0. The molecule has 0 spiro atoms. The third-order valence-electron chi connectivity index (χ3n) is 0. The Hall–Kier alpha value is 6.08. The van der Waals surface area contributed by atoms with Gasteiger partial charge in [-0.05, 0) is 0 Å². The summed E-state index contributed by atoms with van der Waals surface area (Å²) in [7, 11) is 0. The standard InChI is InChI=1S/12Co. The van der Waals surface area contributed by atoms with E-state index in [1.807, 2.05) is 0 Å². The Balaban J connectivity index is 0. The van der Waals surface area contributed by atoms with Gasteiger partial charge in [0.15, 0.2) is 0 Å². The van der Waals surface area contributed by atoms with Crippen molar-refractivity contribution in [2.45, 2.75) is 0 Å². The Morgan fingerprint density at radius 2 is 0.0833 bits per heavy atom. The van der Waals surface area contributed by atoms with Gasteiger partial charge >= 0.3 is 0 Å². The average molecular weight is 707 g/mol. The molecule has 0 aliphatic carbocycles. The van der Waals surface area contributed by atoms with Crippen molar-refractivity contribution in [1.29, 1.82) is 0 Å². The van der Waals surface area contributed by atoms with E-state index in [0.717, 1.165) is 0 Å². The van der Waals surface area contributed by atoms with Crippen molar-refractivity contribution in [3.05, 3.63) is 0 Å². The van der Waals surface area contributed by atoms with E-state index in [9.17, 15) is 0 Å². The molecule has 108 valence electrons. The number of hydrogen-bond acceptors (Lipinski definition) is 0. The fourth-order valence-electron chi connectivity index (χ4n) is 0. The summed E-state index contributed by atoms with van der Waals surface area (Å²) in [6.07, 6.45) is 0. The Morgan fingerprint density at radius 3 is 0.0833 bits per heavy atom. The fourth-order valence-corrected chi connectivity index (χ4v) is 0.